The van der Waals surface area contributed by atoms with Gasteiger partial charge in [0, 0.05) is 12.5 Å². The monoisotopic (exact) mass is 290 g/mol. The van der Waals surface area contributed by atoms with Gasteiger partial charge in [-0.05, 0) is 25.5 Å². The van der Waals surface area contributed by atoms with E-state index >= 15 is 0 Å². The van der Waals surface area contributed by atoms with Crippen molar-refractivity contribution in [3.05, 3.63) is 29.6 Å². The lowest BCUT2D eigenvalue weighted by atomic mass is 10.2. The van der Waals surface area contributed by atoms with Crippen LogP contribution in [-0.2, 0) is 4.79 Å². The lowest BCUT2D eigenvalue weighted by Gasteiger charge is -2.14. The van der Waals surface area contributed by atoms with Crippen LogP contribution in [0.5, 0.6) is 0 Å². The Labute approximate surface area is 112 Å². The molecule has 0 radical (unpaired) electrons. The highest BCUT2D eigenvalue weighted by atomic mass is 19.2. The smallest absolute Gasteiger partial charge is 0.319 e. The molecule has 5 nitrogen and oxygen atoms in total. The molecular weight excluding hydrogens is 277 g/mol. The molecule has 2 amide bonds. The van der Waals surface area contributed by atoms with E-state index in [1.165, 1.54) is 0 Å². The molecule has 0 saturated heterocycles. The Morgan fingerprint density at radius 3 is 2.50 bits per heavy atom. The number of carboxylic acids is 1. The number of hydrogen-bond acceptors (Lipinski definition) is 2. The van der Waals surface area contributed by atoms with E-state index in [2.05, 4.69) is 5.32 Å². The Bertz CT molecular complexity index is 523. The van der Waals surface area contributed by atoms with Gasteiger partial charge in [-0.1, -0.05) is 0 Å². The van der Waals surface area contributed by atoms with E-state index in [1.54, 1.807) is 6.92 Å². The van der Waals surface area contributed by atoms with Gasteiger partial charge < -0.3 is 15.7 Å². The van der Waals surface area contributed by atoms with Crippen molar-refractivity contribution in [1.29, 1.82) is 0 Å². The Morgan fingerprint density at radius 2 is 1.90 bits per heavy atom. The van der Waals surface area contributed by atoms with Crippen LogP contribution in [0.15, 0.2) is 12.1 Å². The summed E-state index contributed by atoms with van der Waals surface area (Å²) in [6, 6.07) is 0.254. The zero-order valence-electron chi connectivity index (χ0n) is 10.5. The van der Waals surface area contributed by atoms with E-state index in [9.17, 15) is 22.8 Å². The first-order valence-electron chi connectivity index (χ1n) is 5.74. The number of hydrogen-bond donors (Lipinski definition) is 3. The molecule has 110 valence electrons. The van der Waals surface area contributed by atoms with Gasteiger partial charge >= 0.3 is 12.0 Å². The number of carboxylic acid groups (broad SMARTS) is 1. The first-order chi connectivity index (χ1) is 9.31. The summed E-state index contributed by atoms with van der Waals surface area (Å²) in [7, 11) is 0. The van der Waals surface area contributed by atoms with Gasteiger partial charge in [0.05, 0.1) is 5.69 Å². The molecule has 1 aromatic rings. The summed E-state index contributed by atoms with van der Waals surface area (Å²) in [6.07, 6.45) is 0.0456. The van der Waals surface area contributed by atoms with E-state index in [1.807, 2.05) is 5.32 Å². The van der Waals surface area contributed by atoms with Crippen molar-refractivity contribution in [1.82, 2.24) is 5.32 Å². The highest BCUT2D eigenvalue weighted by Gasteiger charge is 2.16. The summed E-state index contributed by atoms with van der Waals surface area (Å²) in [5.41, 5.74) is -0.508. The second-order valence-electron chi connectivity index (χ2n) is 4.15. The predicted molar refractivity (Wildman–Crippen MR) is 64.8 cm³/mol. The fraction of sp³-hybridized carbons (Fsp3) is 0.333. The maximum Gasteiger partial charge on any atom is 0.319 e. The molecule has 0 heterocycles. The maximum absolute atomic E-state index is 13.3. The summed E-state index contributed by atoms with van der Waals surface area (Å²) < 4.78 is 38.9. The Morgan fingerprint density at radius 1 is 1.25 bits per heavy atom. The molecule has 8 heteroatoms. The topological polar surface area (TPSA) is 78.4 Å². The third kappa shape index (κ3) is 4.45. The van der Waals surface area contributed by atoms with Gasteiger partial charge in [0.2, 0.25) is 0 Å². The van der Waals surface area contributed by atoms with Gasteiger partial charge in [-0.2, -0.15) is 0 Å². The number of rotatable bonds is 5. The molecule has 3 N–H and O–H groups in total. The number of aliphatic carboxylic acids is 1. The van der Waals surface area contributed by atoms with Gasteiger partial charge in [-0.25, -0.2) is 18.0 Å². The zero-order valence-corrected chi connectivity index (χ0v) is 10.5. The molecule has 0 bridgehead atoms. The van der Waals surface area contributed by atoms with Crippen molar-refractivity contribution in [3.63, 3.8) is 0 Å². The second-order valence-corrected chi connectivity index (χ2v) is 4.15. The molecule has 0 aliphatic rings. The zero-order chi connectivity index (χ0) is 15.3. The SMILES string of the molecule is CC(CCC(=O)O)NC(=O)Nc1ccc(F)c(F)c1F. The molecule has 0 saturated carbocycles. The summed E-state index contributed by atoms with van der Waals surface area (Å²) in [5, 5.41) is 12.8. The van der Waals surface area contributed by atoms with E-state index < -0.39 is 41.2 Å². The average Bonchev–Trinajstić information content (AvgIpc) is 2.37. The Balaban J connectivity index is 2.59. The minimum Gasteiger partial charge on any atom is -0.481 e. The van der Waals surface area contributed by atoms with Crippen LogP contribution in [0.25, 0.3) is 0 Å². The third-order valence-corrected chi connectivity index (χ3v) is 2.45. The van der Waals surface area contributed by atoms with E-state index in [-0.39, 0.29) is 12.8 Å². The second kappa shape index (κ2) is 6.78. The fourth-order valence-corrected chi connectivity index (χ4v) is 1.42. The number of benzene rings is 1. The largest absolute Gasteiger partial charge is 0.481 e. The average molecular weight is 290 g/mol. The minimum atomic E-state index is -1.68. The van der Waals surface area contributed by atoms with Crippen molar-refractivity contribution in [2.75, 3.05) is 5.32 Å². The number of nitrogens with one attached hydrogen (secondary N) is 2. The van der Waals surface area contributed by atoms with Crippen LogP contribution in [0, 0.1) is 17.5 Å². The van der Waals surface area contributed by atoms with Crippen LogP contribution in [0.2, 0.25) is 0 Å². The molecule has 0 aromatic heterocycles. The molecule has 0 aliphatic carbocycles. The van der Waals surface area contributed by atoms with Gasteiger partial charge in [0.15, 0.2) is 17.5 Å². The number of anilines is 1. The van der Waals surface area contributed by atoms with E-state index in [4.69, 9.17) is 5.11 Å². The fourth-order valence-electron chi connectivity index (χ4n) is 1.42. The molecule has 1 aromatic carbocycles. The van der Waals surface area contributed by atoms with Crippen molar-refractivity contribution in [2.24, 2.45) is 0 Å². The first-order valence-corrected chi connectivity index (χ1v) is 5.74. The predicted octanol–water partition coefficient (Wildman–Crippen LogP) is 2.48. The molecule has 1 atom stereocenters. The van der Waals surface area contributed by atoms with Crippen LogP contribution < -0.4 is 10.6 Å². The molecule has 1 unspecified atom stereocenters. The van der Waals surface area contributed by atoms with Gasteiger partial charge in [-0.15, -0.1) is 0 Å². The highest BCUT2D eigenvalue weighted by Crippen LogP contribution is 2.19. The van der Waals surface area contributed by atoms with Gasteiger partial charge in [0.1, 0.15) is 0 Å². The number of urea groups is 1. The van der Waals surface area contributed by atoms with Crippen molar-refractivity contribution < 1.29 is 27.9 Å². The standard InChI is InChI=1S/C12H13F3N2O3/c1-6(2-5-9(18)19)16-12(20)17-8-4-3-7(13)10(14)11(8)15/h3-4,6H,2,5H2,1H3,(H,18,19)(H2,16,17,20). The van der Waals surface area contributed by atoms with Gasteiger partial charge in [0.25, 0.3) is 0 Å². The maximum atomic E-state index is 13.3. The molecule has 1 rings (SSSR count). The lowest BCUT2D eigenvalue weighted by Crippen LogP contribution is -2.36. The number of amides is 2. The van der Waals surface area contributed by atoms with Crippen LogP contribution in [-0.4, -0.2) is 23.1 Å². The molecular formula is C12H13F3N2O3. The number of carbonyl (C=O) groups is 2. The number of carbonyl (C=O) groups excluding carboxylic acids is 1. The Hall–Kier alpha value is -2.25. The van der Waals surface area contributed by atoms with Crippen LogP contribution in [0.1, 0.15) is 19.8 Å². The normalized spacial score (nSPS) is 11.8. The highest BCUT2D eigenvalue weighted by molar-refractivity contribution is 5.89. The molecule has 0 fully saturated rings. The van der Waals surface area contributed by atoms with E-state index in [0.29, 0.717) is 6.07 Å². The van der Waals surface area contributed by atoms with Crippen LogP contribution >= 0.6 is 0 Å². The van der Waals surface area contributed by atoms with Crippen LogP contribution in [0.4, 0.5) is 23.7 Å². The quantitative estimate of drug-likeness (QED) is 0.729. The minimum absolute atomic E-state index is 0.138. The molecule has 20 heavy (non-hydrogen) atoms. The summed E-state index contributed by atoms with van der Waals surface area (Å²) in [4.78, 5) is 21.8. The third-order valence-electron chi connectivity index (χ3n) is 2.45. The molecule has 0 aliphatic heterocycles. The van der Waals surface area contributed by atoms with Crippen molar-refractivity contribution in [2.45, 2.75) is 25.8 Å². The van der Waals surface area contributed by atoms with Crippen LogP contribution in [0.3, 0.4) is 0 Å². The van der Waals surface area contributed by atoms with E-state index in [0.717, 1.165) is 6.07 Å². The Kier molecular flexibility index (Phi) is 5.36. The summed E-state index contributed by atoms with van der Waals surface area (Å²) in [5.74, 6) is -5.55. The van der Waals surface area contributed by atoms with Gasteiger partial charge in [-0.3, -0.25) is 4.79 Å². The summed E-state index contributed by atoms with van der Waals surface area (Å²) in [6.45, 7) is 1.56. The lowest BCUT2D eigenvalue weighted by molar-refractivity contribution is -0.137. The summed E-state index contributed by atoms with van der Waals surface area (Å²) >= 11 is 0. The van der Waals surface area contributed by atoms with Crippen molar-refractivity contribution >= 4 is 17.7 Å². The molecule has 0 spiro atoms. The van der Waals surface area contributed by atoms with Crippen molar-refractivity contribution in [3.8, 4) is 0 Å². The number of halogens is 3. The first kappa shape index (κ1) is 15.8.